The molecular weight excluding hydrogens is 384 g/mol. The van der Waals surface area contributed by atoms with E-state index in [1.165, 1.54) is 19.2 Å². The van der Waals surface area contributed by atoms with E-state index in [-0.39, 0.29) is 23.4 Å². The standard InChI is InChI=1S/C23H24N2O3S/c1-18-11-9-10-16-21(18)23(19-12-5-3-6-13-19)24-22(26)17-25(2)29(27,28)20-14-7-4-8-15-20/h3-16,23H,17H2,1-2H3,(H,24,26)/t23-/m0/s1. The quantitative estimate of drug-likeness (QED) is 0.650. The average molecular weight is 409 g/mol. The summed E-state index contributed by atoms with van der Waals surface area (Å²) in [6.45, 7) is 1.72. The van der Waals surface area contributed by atoms with Gasteiger partial charge in [0.1, 0.15) is 0 Å². The van der Waals surface area contributed by atoms with Crippen molar-refractivity contribution >= 4 is 15.9 Å². The number of amides is 1. The van der Waals surface area contributed by atoms with Crippen molar-refractivity contribution < 1.29 is 13.2 Å². The third-order valence-corrected chi connectivity index (χ3v) is 6.57. The molecule has 3 aromatic rings. The van der Waals surface area contributed by atoms with Crippen molar-refractivity contribution in [3.63, 3.8) is 0 Å². The summed E-state index contributed by atoms with van der Waals surface area (Å²) in [4.78, 5) is 12.9. The van der Waals surface area contributed by atoms with Crippen LogP contribution in [0.1, 0.15) is 22.7 Å². The number of nitrogens with one attached hydrogen (secondary N) is 1. The molecule has 0 aliphatic heterocycles. The zero-order valence-corrected chi connectivity index (χ0v) is 17.3. The molecular formula is C23H24N2O3S. The molecule has 3 rings (SSSR count). The first-order valence-corrected chi connectivity index (χ1v) is 10.7. The minimum absolute atomic E-state index is 0.161. The molecule has 1 amide bonds. The van der Waals surface area contributed by atoms with E-state index >= 15 is 0 Å². The van der Waals surface area contributed by atoms with Gasteiger partial charge in [-0.15, -0.1) is 0 Å². The van der Waals surface area contributed by atoms with E-state index < -0.39 is 10.0 Å². The van der Waals surface area contributed by atoms with Gasteiger partial charge < -0.3 is 5.32 Å². The molecule has 29 heavy (non-hydrogen) atoms. The fourth-order valence-electron chi connectivity index (χ4n) is 3.16. The maximum atomic E-state index is 12.8. The maximum Gasteiger partial charge on any atom is 0.243 e. The smallest absolute Gasteiger partial charge is 0.243 e. The molecule has 5 nitrogen and oxygen atoms in total. The number of aryl methyl sites for hydroxylation is 1. The highest BCUT2D eigenvalue weighted by Crippen LogP contribution is 2.25. The van der Waals surface area contributed by atoms with Crippen LogP contribution in [0.2, 0.25) is 0 Å². The van der Waals surface area contributed by atoms with Crippen LogP contribution in [0, 0.1) is 6.92 Å². The highest BCUT2D eigenvalue weighted by Gasteiger charge is 2.25. The van der Waals surface area contributed by atoms with Gasteiger partial charge in [-0.3, -0.25) is 4.79 Å². The largest absolute Gasteiger partial charge is 0.344 e. The zero-order chi connectivity index (χ0) is 20.9. The molecule has 0 aromatic heterocycles. The molecule has 0 unspecified atom stereocenters. The van der Waals surface area contributed by atoms with Crippen LogP contribution in [0.15, 0.2) is 89.8 Å². The Morgan fingerprint density at radius 3 is 2.07 bits per heavy atom. The van der Waals surface area contributed by atoms with Crippen LogP contribution < -0.4 is 5.32 Å². The Balaban J connectivity index is 1.81. The molecule has 0 aliphatic rings. The molecule has 0 fully saturated rings. The summed E-state index contributed by atoms with van der Waals surface area (Å²) in [5, 5.41) is 3.00. The Morgan fingerprint density at radius 2 is 1.45 bits per heavy atom. The van der Waals surface area contributed by atoms with E-state index in [1.54, 1.807) is 18.2 Å². The van der Waals surface area contributed by atoms with Crippen molar-refractivity contribution in [1.29, 1.82) is 0 Å². The number of carbonyl (C=O) groups is 1. The number of hydrogen-bond acceptors (Lipinski definition) is 3. The SMILES string of the molecule is Cc1ccccc1[C@@H](NC(=O)CN(C)S(=O)(=O)c1ccccc1)c1ccccc1. The van der Waals surface area contributed by atoms with Gasteiger partial charge in [-0.25, -0.2) is 8.42 Å². The average Bonchev–Trinajstić information content (AvgIpc) is 2.74. The molecule has 1 atom stereocenters. The lowest BCUT2D eigenvalue weighted by Crippen LogP contribution is -2.40. The Kier molecular flexibility index (Phi) is 6.46. The fourth-order valence-corrected chi connectivity index (χ4v) is 4.31. The minimum atomic E-state index is -3.73. The van der Waals surface area contributed by atoms with Crippen molar-refractivity contribution in [2.24, 2.45) is 0 Å². The second kappa shape index (κ2) is 9.03. The van der Waals surface area contributed by atoms with Gasteiger partial charge >= 0.3 is 0 Å². The summed E-state index contributed by atoms with van der Waals surface area (Å²) in [5.41, 5.74) is 2.95. The molecule has 0 aliphatic carbocycles. The predicted octanol–water partition coefficient (Wildman–Crippen LogP) is 3.52. The van der Waals surface area contributed by atoms with E-state index in [0.29, 0.717) is 0 Å². The highest BCUT2D eigenvalue weighted by atomic mass is 32.2. The monoisotopic (exact) mass is 408 g/mol. The van der Waals surface area contributed by atoms with Gasteiger partial charge in [0.25, 0.3) is 0 Å². The Labute approximate surface area is 172 Å². The summed E-state index contributed by atoms with van der Waals surface area (Å²) >= 11 is 0. The molecule has 0 bridgehead atoms. The second-order valence-corrected chi connectivity index (χ2v) is 8.89. The summed E-state index contributed by atoms with van der Waals surface area (Å²) in [5.74, 6) is -0.371. The van der Waals surface area contributed by atoms with Gasteiger partial charge in [0.2, 0.25) is 15.9 Å². The number of likely N-dealkylation sites (N-methyl/N-ethyl adjacent to an activating group) is 1. The minimum Gasteiger partial charge on any atom is -0.344 e. The van der Waals surface area contributed by atoms with Crippen molar-refractivity contribution in [1.82, 2.24) is 9.62 Å². The number of rotatable bonds is 7. The van der Waals surface area contributed by atoms with Crippen LogP contribution in [0.5, 0.6) is 0 Å². The van der Waals surface area contributed by atoms with Gasteiger partial charge in [0.05, 0.1) is 17.5 Å². The topological polar surface area (TPSA) is 66.5 Å². The maximum absolute atomic E-state index is 12.8. The van der Waals surface area contributed by atoms with E-state index in [9.17, 15) is 13.2 Å². The third kappa shape index (κ3) is 4.91. The lowest BCUT2D eigenvalue weighted by atomic mass is 9.95. The van der Waals surface area contributed by atoms with Crippen LogP contribution in [-0.2, 0) is 14.8 Å². The fraction of sp³-hybridized carbons (Fsp3) is 0.174. The van der Waals surface area contributed by atoms with E-state index in [1.807, 2.05) is 61.5 Å². The van der Waals surface area contributed by atoms with Crippen LogP contribution in [-0.4, -0.2) is 32.2 Å². The third-order valence-electron chi connectivity index (χ3n) is 4.76. The molecule has 0 radical (unpaired) electrons. The van der Waals surface area contributed by atoms with E-state index in [4.69, 9.17) is 0 Å². The molecule has 0 saturated heterocycles. The van der Waals surface area contributed by atoms with Gasteiger partial charge in [-0.2, -0.15) is 4.31 Å². The molecule has 150 valence electrons. The lowest BCUT2D eigenvalue weighted by Gasteiger charge is -2.23. The van der Waals surface area contributed by atoms with Gasteiger partial charge in [0, 0.05) is 7.05 Å². The van der Waals surface area contributed by atoms with Crippen molar-refractivity contribution in [3.8, 4) is 0 Å². The number of sulfonamides is 1. The van der Waals surface area contributed by atoms with Crippen molar-refractivity contribution in [2.75, 3.05) is 13.6 Å². The molecule has 6 heteroatoms. The lowest BCUT2D eigenvalue weighted by molar-refractivity contribution is -0.121. The summed E-state index contributed by atoms with van der Waals surface area (Å²) in [6, 6.07) is 25.2. The van der Waals surface area contributed by atoms with Crippen LogP contribution in [0.25, 0.3) is 0 Å². The first kappa shape index (κ1) is 20.8. The number of benzene rings is 3. The predicted molar refractivity (Wildman–Crippen MR) is 114 cm³/mol. The zero-order valence-electron chi connectivity index (χ0n) is 16.4. The Bertz CT molecular complexity index is 1070. The number of carbonyl (C=O) groups excluding carboxylic acids is 1. The van der Waals surface area contributed by atoms with Gasteiger partial charge in [-0.1, -0.05) is 72.8 Å². The van der Waals surface area contributed by atoms with E-state index in [0.717, 1.165) is 21.0 Å². The molecule has 0 spiro atoms. The summed E-state index contributed by atoms with van der Waals surface area (Å²) < 4.78 is 26.5. The highest BCUT2D eigenvalue weighted by molar-refractivity contribution is 7.89. The number of hydrogen-bond donors (Lipinski definition) is 1. The van der Waals surface area contributed by atoms with Crippen molar-refractivity contribution in [3.05, 3.63) is 102 Å². The Hall–Kier alpha value is -2.96. The van der Waals surface area contributed by atoms with Crippen LogP contribution in [0.3, 0.4) is 0 Å². The Morgan fingerprint density at radius 1 is 0.897 bits per heavy atom. The summed E-state index contributed by atoms with van der Waals surface area (Å²) in [6.07, 6.45) is 0. The first-order valence-electron chi connectivity index (χ1n) is 9.31. The first-order chi connectivity index (χ1) is 13.9. The summed E-state index contributed by atoms with van der Waals surface area (Å²) in [7, 11) is -2.32. The van der Waals surface area contributed by atoms with Crippen LogP contribution >= 0.6 is 0 Å². The molecule has 3 aromatic carbocycles. The van der Waals surface area contributed by atoms with E-state index in [2.05, 4.69) is 5.32 Å². The number of nitrogens with zero attached hydrogens (tertiary/aromatic N) is 1. The van der Waals surface area contributed by atoms with Crippen molar-refractivity contribution in [2.45, 2.75) is 17.9 Å². The van der Waals surface area contributed by atoms with Crippen LogP contribution in [0.4, 0.5) is 0 Å². The molecule has 0 saturated carbocycles. The van der Waals surface area contributed by atoms with Gasteiger partial charge in [-0.05, 0) is 35.7 Å². The normalized spacial score (nSPS) is 12.5. The molecule has 0 heterocycles. The molecule has 1 N–H and O–H groups in total. The second-order valence-electron chi connectivity index (χ2n) is 6.84. The van der Waals surface area contributed by atoms with Gasteiger partial charge in [0.15, 0.2) is 0 Å².